The SMILES string of the molecule is CCOC(=O)N1CCN(C(=O)CN2CCN(c3ccc(C)cc3)C2=O)CC1. The number of hydrogen-bond acceptors (Lipinski definition) is 4. The van der Waals surface area contributed by atoms with E-state index in [1.807, 2.05) is 31.2 Å². The van der Waals surface area contributed by atoms with Gasteiger partial charge in [-0.3, -0.25) is 9.69 Å². The maximum atomic E-state index is 12.6. The summed E-state index contributed by atoms with van der Waals surface area (Å²) in [4.78, 5) is 43.5. The van der Waals surface area contributed by atoms with Gasteiger partial charge >= 0.3 is 12.1 Å². The first-order chi connectivity index (χ1) is 13.0. The zero-order valence-electron chi connectivity index (χ0n) is 15.9. The van der Waals surface area contributed by atoms with E-state index < -0.39 is 0 Å². The van der Waals surface area contributed by atoms with Gasteiger partial charge in [-0.25, -0.2) is 9.59 Å². The number of anilines is 1. The van der Waals surface area contributed by atoms with E-state index in [2.05, 4.69) is 0 Å². The third-order valence-electron chi connectivity index (χ3n) is 4.93. The Bertz CT molecular complexity index is 698. The van der Waals surface area contributed by atoms with Crippen LogP contribution in [-0.4, -0.2) is 85.2 Å². The third kappa shape index (κ3) is 4.32. The van der Waals surface area contributed by atoms with Crippen LogP contribution in [0.4, 0.5) is 15.3 Å². The van der Waals surface area contributed by atoms with Crippen LogP contribution < -0.4 is 4.90 Å². The summed E-state index contributed by atoms with van der Waals surface area (Å²) in [5.74, 6) is -0.0855. The summed E-state index contributed by atoms with van der Waals surface area (Å²) in [5, 5.41) is 0. The number of piperazine rings is 1. The van der Waals surface area contributed by atoms with Gasteiger partial charge in [-0.15, -0.1) is 0 Å². The molecule has 0 N–H and O–H groups in total. The van der Waals surface area contributed by atoms with Gasteiger partial charge in [0, 0.05) is 45.0 Å². The second kappa shape index (κ2) is 8.28. The number of nitrogens with zero attached hydrogens (tertiary/aromatic N) is 4. The maximum Gasteiger partial charge on any atom is 0.409 e. The molecule has 2 heterocycles. The van der Waals surface area contributed by atoms with Gasteiger partial charge in [0.15, 0.2) is 0 Å². The molecule has 2 aliphatic rings. The lowest BCUT2D eigenvalue weighted by atomic mass is 10.2. The van der Waals surface area contributed by atoms with Crippen molar-refractivity contribution in [1.82, 2.24) is 14.7 Å². The Morgan fingerprint density at radius 1 is 0.963 bits per heavy atom. The average Bonchev–Trinajstić information content (AvgIpc) is 3.03. The smallest absolute Gasteiger partial charge is 0.409 e. The normalized spacial score (nSPS) is 17.5. The van der Waals surface area contributed by atoms with Crippen LogP contribution in [0.5, 0.6) is 0 Å². The van der Waals surface area contributed by atoms with E-state index in [1.54, 1.807) is 26.5 Å². The van der Waals surface area contributed by atoms with Crippen molar-refractivity contribution in [3.63, 3.8) is 0 Å². The minimum Gasteiger partial charge on any atom is -0.450 e. The molecule has 3 rings (SSSR count). The third-order valence-corrected chi connectivity index (χ3v) is 4.93. The lowest BCUT2D eigenvalue weighted by Gasteiger charge is -2.34. The average molecular weight is 374 g/mol. The topological polar surface area (TPSA) is 73.4 Å². The highest BCUT2D eigenvalue weighted by molar-refractivity contribution is 5.96. The minimum absolute atomic E-state index is 0.0700. The van der Waals surface area contributed by atoms with Gasteiger partial charge in [-0.1, -0.05) is 17.7 Å². The molecule has 1 aromatic carbocycles. The number of urea groups is 1. The lowest BCUT2D eigenvalue weighted by molar-refractivity contribution is -0.133. The van der Waals surface area contributed by atoms with Crippen LogP contribution in [0.2, 0.25) is 0 Å². The highest BCUT2D eigenvalue weighted by Crippen LogP contribution is 2.21. The number of ether oxygens (including phenoxy) is 1. The molecule has 146 valence electrons. The van der Waals surface area contributed by atoms with E-state index in [9.17, 15) is 14.4 Å². The fraction of sp³-hybridized carbons (Fsp3) is 0.526. The van der Waals surface area contributed by atoms with Crippen LogP contribution in [0.15, 0.2) is 24.3 Å². The Kier molecular flexibility index (Phi) is 5.83. The molecular weight excluding hydrogens is 348 g/mol. The highest BCUT2D eigenvalue weighted by atomic mass is 16.6. The first-order valence-electron chi connectivity index (χ1n) is 9.32. The van der Waals surface area contributed by atoms with E-state index in [0.717, 1.165) is 11.3 Å². The molecule has 8 heteroatoms. The molecule has 0 spiro atoms. The first-order valence-corrected chi connectivity index (χ1v) is 9.32. The molecule has 0 saturated carbocycles. The van der Waals surface area contributed by atoms with Crippen LogP contribution in [-0.2, 0) is 9.53 Å². The van der Waals surface area contributed by atoms with E-state index in [0.29, 0.717) is 45.9 Å². The maximum absolute atomic E-state index is 12.6. The van der Waals surface area contributed by atoms with Crippen LogP contribution in [0, 0.1) is 6.92 Å². The molecule has 0 unspecified atom stereocenters. The van der Waals surface area contributed by atoms with Crippen molar-refractivity contribution >= 4 is 23.7 Å². The molecule has 1 aromatic rings. The van der Waals surface area contributed by atoms with E-state index in [-0.39, 0.29) is 24.6 Å². The van der Waals surface area contributed by atoms with Crippen molar-refractivity contribution in [1.29, 1.82) is 0 Å². The van der Waals surface area contributed by atoms with Crippen molar-refractivity contribution in [3.05, 3.63) is 29.8 Å². The number of hydrogen-bond donors (Lipinski definition) is 0. The van der Waals surface area contributed by atoms with Crippen molar-refractivity contribution in [2.24, 2.45) is 0 Å². The summed E-state index contributed by atoms with van der Waals surface area (Å²) in [6.07, 6.45) is -0.340. The Morgan fingerprint density at radius 3 is 2.22 bits per heavy atom. The zero-order valence-corrected chi connectivity index (χ0v) is 15.9. The monoisotopic (exact) mass is 374 g/mol. The fourth-order valence-corrected chi connectivity index (χ4v) is 3.31. The molecule has 0 bridgehead atoms. The molecule has 0 aliphatic carbocycles. The first kappa shape index (κ1) is 19.0. The number of amides is 4. The van der Waals surface area contributed by atoms with Crippen LogP contribution in [0.3, 0.4) is 0 Å². The quantitative estimate of drug-likeness (QED) is 0.801. The number of rotatable bonds is 4. The Hall–Kier alpha value is -2.77. The summed E-state index contributed by atoms with van der Waals surface area (Å²) >= 11 is 0. The summed E-state index contributed by atoms with van der Waals surface area (Å²) < 4.78 is 4.99. The van der Waals surface area contributed by atoms with Gasteiger partial charge < -0.3 is 19.4 Å². The number of aryl methyl sites for hydroxylation is 1. The molecule has 8 nitrogen and oxygen atoms in total. The van der Waals surface area contributed by atoms with Gasteiger partial charge in [0.25, 0.3) is 0 Å². The molecule has 0 radical (unpaired) electrons. The molecule has 2 aliphatic heterocycles. The Labute approximate surface area is 159 Å². The summed E-state index contributed by atoms with van der Waals surface area (Å²) in [6.45, 7) is 7.11. The number of benzene rings is 1. The van der Waals surface area contributed by atoms with Gasteiger partial charge in [0.2, 0.25) is 5.91 Å². The fourth-order valence-electron chi connectivity index (χ4n) is 3.31. The molecule has 4 amide bonds. The van der Waals surface area contributed by atoms with Gasteiger partial charge in [0.1, 0.15) is 6.54 Å². The largest absolute Gasteiger partial charge is 0.450 e. The summed E-state index contributed by atoms with van der Waals surface area (Å²) in [7, 11) is 0. The predicted octanol–water partition coefficient (Wildman–Crippen LogP) is 1.54. The summed E-state index contributed by atoms with van der Waals surface area (Å²) in [5.41, 5.74) is 1.99. The van der Waals surface area contributed by atoms with E-state index in [1.165, 1.54) is 0 Å². The number of carbonyl (C=O) groups excluding carboxylic acids is 3. The highest BCUT2D eigenvalue weighted by Gasteiger charge is 2.33. The molecule has 0 aromatic heterocycles. The molecular formula is C19H26N4O4. The van der Waals surface area contributed by atoms with E-state index >= 15 is 0 Å². The number of carbonyl (C=O) groups is 3. The van der Waals surface area contributed by atoms with Crippen LogP contribution >= 0.6 is 0 Å². The summed E-state index contributed by atoms with van der Waals surface area (Å²) in [6, 6.07) is 7.65. The molecule has 0 atom stereocenters. The van der Waals surface area contributed by atoms with Crippen LogP contribution in [0.25, 0.3) is 0 Å². The zero-order chi connectivity index (χ0) is 19.4. The van der Waals surface area contributed by atoms with Crippen molar-refractivity contribution in [3.8, 4) is 0 Å². The second-order valence-corrected chi connectivity index (χ2v) is 6.76. The Balaban J connectivity index is 1.51. The van der Waals surface area contributed by atoms with Gasteiger partial charge in [-0.2, -0.15) is 0 Å². The van der Waals surface area contributed by atoms with Gasteiger partial charge in [-0.05, 0) is 26.0 Å². The Morgan fingerprint density at radius 2 is 1.59 bits per heavy atom. The molecule has 2 fully saturated rings. The van der Waals surface area contributed by atoms with Gasteiger partial charge in [0.05, 0.1) is 6.61 Å². The van der Waals surface area contributed by atoms with Crippen molar-refractivity contribution < 1.29 is 19.1 Å². The lowest BCUT2D eigenvalue weighted by Crippen LogP contribution is -2.53. The second-order valence-electron chi connectivity index (χ2n) is 6.76. The van der Waals surface area contributed by atoms with Crippen molar-refractivity contribution in [2.75, 3.05) is 57.3 Å². The van der Waals surface area contributed by atoms with Crippen molar-refractivity contribution in [2.45, 2.75) is 13.8 Å². The predicted molar refractivity (Wildman–Crippen MR) is 101 cm³/mol. The molecule has 27 heavy (non-hydrogen) atoms. The van der Waals surface area contributed by atoms with Crippen LogP contribution in [0.1, 0.15) is 12.5 Å². The molecule has 2 saturated heterocycles. The minimum atomic E-state index is -0.340. The van der Waals surface area contributed by atoms with E-state index in [4.69, 9.17) is 4.74 Å². The standard InChI is InChI=1S/C19H26N4O4/c1-3-27-19(26)21-10-8-20(9-11-21)17(24)14-22-12-13-23(18(22)25)16-6-4-15(2)5-7-16/h4-7H,3,8-14H2,1-2H3.